The van der Waals surface area contributed by atoms with E-state index in [1.54, 1.807) is 4.90 Å². The number of amides is 1. The topological polar surface area (TPSA) is 76.2 Å². The minimum atomic E-state index is -4.18. The van der Waals surface area contributed by atoms with Crippen LogP contribution in [0.4, 0.5) is 10.1 Å². The van der Waals surface area contributed by atoms with Gasteiger partial charge in [-0.05, 0) is 67.1 Å². The van der Waals surface area contributed by atoms with Crippen molar-refractivity contribution in [3.63, 3.8) is 0 Å². The molecule has 1 amide bonds. The van der Waals surface area contributed by atoms with Gasteiger partial charge in [0.15, 0.2) is 11.5 Å². The van der Waals surface area contributed by atoms with Gasteiger partial charge in [0.05, 0.1) is 24.8 Å². The third-order valence-electron chi connectivity index (χ3n) is 6.67. The maximum atomic E-state index is 13.7. The molecule has 1 saturated heterocycles. The maximum absolute atomic E-state index is 13.7. The standard InChI is InChI=1S/C28H31FN2O5S/c1-35-26-13-12-25(19-27(26)36-2)37(33,34)31(24-10-8-23(29)9-11-24)20-28(32)30-16-14-22(15-17-30)18-21-6-4-3-5-7-21/h3-13,19,22H,14-18,20H2,1-2H3. The van der Waals surface area contributed by atoms with Gasteiger partial charge in [-0.2, -0.15) is 0 Å². The fraction of sp³-hybridized carbons (Fsp3) is 0.321. The molecule has 0 spiro atoms. The summed E-state index contributed by atoms with van der Waals surface area (Å²) in [5, 5.41) is 0. The number of halogens is 1. The van der Waals surface area contributed by atoms with Crippen LogP contribution in [-0.4, -0.2) is 53.1 Å². The molecule has 0 atom stereocenters. The molecule has 0 aromatic heterocycles. The van der Waals surface area contributed by atoms with E-state index >= 15 is 0 Å². The quantitative estimate of drug-likeness (QED) is 0.410. The van der Waals surface area contributed by atoms with Gasteiger partial charge in [-0.3, -0.25) is 9.10 Å². The molecule has 9 heteroatoms. The Morgan fingerprint density at radius 1 is 0.946 bits per heavy atom. The second-order valence-corrected chi connectivity index (χ2v) is 10.9. The highest BCUT2D eigenvalue weighted by atomic mass is 32.2. The summed E-state index contributed by atoms with van der Waals surface area (Å²) in [6, 6.07) is 19.6. The first-order valence-electron chi connectivity index (χ1n) is 12.1. The largest absolute Gasteiger partial charge is 0.493 e. The average molecular weight is 527 g/mol. The molecule has 0 saturated carbocycles. The summed E-state index contributed by atoms with van der Waals surface area (Å²) in [5.74, 6) is 0.291. The minimum Gasteiger partial charge on any atom is -0.493 e. The Balaban J connectivity index is 1.53. The summed E-state index contributed by atoms with van der Waals surface area (Å²) >= 11 is 0. The Hall–Kier alpha value is -3.59. The van der Waals surface area contributed by atoms with Crippen LogP contribution in [0.25, 0.3) is 0 Å². The van der Waals surface area contributed by atoms with E-state index in [2.05, 4.69) is 12.1 Å². The van der Waals surface area contributed by atoms with Crippen molar-refractivity contribution < 1.29 is 27.1 Å². The summed E-state index contributed by atoms with van der Waals surface area (Å²) in [7, 11) is -1.31. The van der Waals surface area contributed by atoms with Crippen molar-refractivity contribution in [2.45, 2.75) is 24.2 Å². The lowest BCUT2D eigenvalue weighted by atomic mass is 9.90. The van der Waals surface area contributed by atoms with Crippen molar-refractivity contribution in [3.05, 3.63) is 84.2 Å². The van der Waals surface area contributed by atoms with Gasteiger partial charge in [0.2, 0.25) is 5.91 Å². The molecule has 37 heavy (non-hydrogen) atoms. The van der Waals surface area contributed by atoms with Crippen LogP contribution >= 0.6 is 0 Å². The van der Waals surface area contributed by atoms with Crippen molar-refractivity contribution >= 4 is 21.6 Å². The minimum absolute atomic E-state index is 0.0659. The predicted molar refractivity (Wildman–Crippen MR) is 140 cm³/mol. The number of hydrogen-bond donors (Lipinski definition) is 0. The van der Waals surface area contributed by atoms with E-state index in [4.69, 9.17) is 9.47 Å². The van der Waals surface area contributed by atoms with E-state index in [-0.39, 0.29) is 22.2 Å². The first-order valence-corrected chi connectivity index (χ1v) is 13.6. The maximum Gasteiger partial charge on any atom is 0.264 e. The molecule has 0 N–H and O–H groups in total. The second-order valence-electron chi connectivity index (χ2n) is 9.02. The number of rotatable bonds is 9. The fourth-order valence-electron chi connectivity index (χ4n) is 4.58. The van der Waals surface area contributed by atoms with E-state index < -0.39 is 22.4 Å². The first kappa shape index (κ1) is 26.5. The summed E-state index contributed by atoms with van der Waals surface area (Å²) in [5.41, 5.74) is 1.47. The number of nitrogens with zero attached hydrogens (tertiary/aromatic N) is 2. The van der Waals surface area contributed by atoms with Gasteiger partial charge in [0.25, 0.3) is 10.0 Å². The van der Waals surface area contributed by atoms with E-state index in [1.165, 1.54) is 62.2 Å². The van der Waals surface area contributed by atoms with Gasteiger partial charge in [-0.1, -0.05) is 30.3 Å². The molecule has 7 nitrogen and oxygen atoms in total. The van der Waals surface area contributed by atoms with Crippen LogP contribution < -0.4 is 13.8 Å². The van der Waals surface area contributed by atoms with Crippen LogP contribution in [0.15, 0.2) is 77.7 Å². The zero-order valence-electron chi connectivity index (χ0n) is 21.0. The zero-order chi connectivity index (χ0) is 26.4. The number of likely N-dealkylation sites (tertiary alicyclic amines) is 1. The SMILES string of the molecule is COc1ccc(S(=O)(=O)N(CC(=O)N2CCC(Cc3ccccc3)CC2)c2ccc(F)cc2)cc1OC. The molecule has 1 fully saturated rings. The number of carbonyl (C=O) groups excluding carboxylic acids is 1. The van der Waals surface area contributed by atoms with E-state index in [0.29, 0.717) is 24.8 Å². The van der Waals surface area contributed by atoms with Gasteiger partial charge in [-0.15, -0.1) is 0 Å². The summed E-state index contributed by atoms with van der Waals surface area (Å²) in [6.45, 7) is 0.722. The number of anilines is 1. The number of hydrogen-bond acceptors (Lipinski definition) is 5. The number of benzene rings is 3. The van der Waals surface area contributed by atoms with Crippen LogP contribution in [0, 0.1) is 11.7 Å². The van der Waals surface area contributed by atoms with Gasteiger partial charge in [0, 0.05) is 19.2 Å². The number of methoxy groups -OCH3 is 2. The second kappa shape index (κ2) is 11.6. The molecule has 4 rings (SSSR count). The molecule has 0 bridgehead atoms. The summed E-state index contributed by atoms with van der Waals surface area (Å²) in [4.78, 5) is 15.0. The summed E-state index contributed by atoms with van der Waals surface area (Å²) < 4.78 is 52.6. The molecular formula is C28H31FN2O5S. The number of carbonyl (C=O) groups is 1. The van der Waals surface area contributed by atoms with Crippen LogP contribution in [0.5, 0.6) is 11.5 Å². The lowest BCUT2D eigenvalue weighted by Crippen LogP contribution is -2.46. The number of piperidine rings is 1. The lowest BCUT2D eigenvalue weighted by molar-refractivity contribution is -0.130. The molecule has 3 aromatic rings. The molecule has 1 heterocycles. The molecule has 1 aliphatic heterocycles. The first-order chi connectivity index (χ1) is 17.8. The molecule has 0 unspecified atom stereocenters. The van der Waals surface area contributed by atoms with Crippen LogP contribution in [-0.2, 0) is 21.2 Å². The van der Waals surface area contributed by atoms with Crippen molar-refractivity contribution in [2.24, 2.45) is 5.92 Å². The zero-order valence-corrected chi connectivity index (χ0v) is 21.8. The normalized spacial score (nSPS) is 14.3. The smallest absolute Gasteiger partial charge is 0.264 e. The van der Waals surface area contributed by atoms with Crippen molar-refractivity contribution in [1.29, 1.82) is 0 Å². The van der Waals surface area contributed by atoms with Crippen molar-refractivity contribution in [1.82, 2.24) is 4.90 Å². The third kappa shape index (κ3) is 6.22. The monoisotopic (exact) mass is 526 g/mol. The van der Waals surface area contributed by atoms with Gasteiger partial charge < -0.3 is 14.4 Å². The van der Waals surface area contributed by atoms with E-state index in [9.17, 15) is 17.6 Å². The Kier molecular flexibility index (Phi) is 8.33. The Morgan fingerprint density at radius 2 is 1.59 bits per heavy atom. The Morgan fingerprint density at radius 3 is 2.22 bits per heavy atom. The number of ether oxygens (including phenoxy) is 2. The predicted octanol–water partition coefficient (Wildman–Crippen LogP) is 4.52. The van der Waals surface area contributed by atoms with E-state index in [0.717, 1.165) is 23.6 Å². The third-order valence-corrected chi connectivity index (χ3v) is 8.44. The Labute approximate surface area is 217 Å². The van der Waals surface area contributed by atoms with Gasteiger partial charge in [0.1, 0.15) is 12.4 Å². The fourth-order valence-corrected chi connectivity index (χ4v) is 6.01. The van der Waals surface area contributed by atoms with Crippen molar-refractivity contribution in [3.8, 4) is 11.5 Å². The van der Waals surface area contributed by atoms with E-state index in [1.807, 2.05) is 18.2 Å². The number of sulfonamides is 1. The molecule has 0 aliphatic carbocycles. The van der Waals surface area contributed by atoms with Gasteiger partial charge in [-0.25, -0.2) is 12.8 Å². The Bertz CT molecular complexity index is 1310. The molecule has 1 aliphatic rings. The van der Waals surface area contributed by atoms with Gasteiger partial charge >= 0.3 is 0 Å². The molecule has 196 valence electrons. The molecular weight excluding hydrogens is 495 g/mol. The van der Waals surface area contributed by atoms with Crippen LogP contribution in [0.1, 0.15) is 18.4 Å². The highest BCUT2D eigenvalue weighted by Crippen LogP contribution is 2.32. The average Bonchev–Trinajstić information content (AvgIpc) is 2.92. The molecule has 0 radical (unpaired) electrons. The lowest BCUT2D eigenvalue weighted by Gasteiger charge is -2.34. The summed E-state index contributed by atoms with van der Waals surface area (Å²) in [6.07, 6.45) is 2.65. The van der Waals surface area contributed by atoms with Crippen LogP contribution in [0.2, 0.25) is 0 Å². The van der Waals surface area contributed by atoms with Crippen LogP contribution in [0.3, 0.4) is 0 Å². The van der Waals surface area contributed by atoms with Crippen molar-refractivity contribution in [2.75, 3.05) is 38.2 Å². The highest BCUT2D eigenvalue weighted by Gasteiger charge is 2.31. The highest BCUT2D eigenvalue weighted by molar-refractivity contribution is 7.92. The molecule has 3 aromatic carbocycles.